The van der Waals surface area contributed by atoms with E-state index >= 15 is 0 Å². The lowest BCUT2D eigenvalue weighted by Crippen LogP contribution is -2.41. The van der Waals surface area contributed by atoms with Gasteiger partial charge in [-0.3, -0.25) is 4.79 Å². The van der Waals surface area contributed by atoms with Gasteiger partial charge in [-0.1, -0.05) is 23.7 Å². The first-order valence-corrected chi connectivity index (χ1v) is 8.86. The number of rotatable bonds is 2. The van der Waals surface area contributed by atoms with Crippen molar-refractivity contribution in [3.63, 3.8) is 0 Å². The van der Waals surface area contributed by atoms with Crippen LogP contribution in [-0.2, 0) is 17.6 Å². The summed E-state index contributed by atoms with van der Waals surface area (Å²) in [5.41, 5.74) is 3.66. The molecule has 2 aromatic rings. The van der Waals surface area contributed by atoms with Crippen molar-refractivity contribution in [1.29, 1.82) is 0 Å². The van der Waals surface area contributed by atoms with Crippen molar-refractivity contribution >= 4 is 17.5 Å². The molecule has 0 atom stereocenters. The highest BCUT2D eigenvalue weighted by Crippen LogP contribution is 2.30. The van der Waals surface area contributed by atoms with Gasteiger partial charge in [-0.15, -0.1) is 0 Å². The van der Waals surface area contributed by atoms with E-state index in [4.69, 9.17) is 21.4 Å². The quantitative estimate of drug-likeness (QED) is 0.840. The van der Waals surface area contributed by atoms with Crippen LogP contribution in [0, 0.1) is 0 Å². The molecule has 2 heterocycles. The van der Waals surface area contributed by atoms with Crippen LogP contribution in [-0.4, -0.2) is 46.9 Å². The molecule has 126 valence electrons. The largest absolute Gasteiger partial charge is 0.378 e. The third kappa shape index (κ3) is 2.72. The highest BCUT2D eigenvalue weighted by molar-refractivity contribution is 6.32. The molecule has 1 aliphatic carbocycles. The minimum absolute atomic E-state index is 0.0160. The monoisotopic (exact) mass is 345 g/mol. The van der Waals surface area contributed by atoms with Gasteiger partial charge in [0, 0.05) is 24.3 Å². The van der Waals surface area contributed by atoms with Crippen molar-refractivity contribution in [2.75, 3.05) is 26.3 Å². The average Bonchev–Trinajstić information content (AvgIpc) is 3.02. The van der Waals surface area contributed by atoms with Gasteiger partial charge in [-0.05, 0) is 37.8 Å². The lowest BCUT2D eigenvalue weighted by atomic mass is 9.95. The molecular weight excluding hydrogens is 326 g/mol. The Morgan fingerprint density at radius 2 is 1.88 bits per heavy atom. The van der Waals surface area contributed by atoms with Gasteiger partial charge in [0.25, 0.3) is 5.91 Å². The van der Waals surface area contributed by atoms with Gasteiger partial charge in [0.05, 0.1) is 23.9 Å². The zero-order chi connectivity index (χ0) is 16.5. The Bertz CT molecular complexity index is 766. The van der Waals surface area contributed by atoms with Crippen molar-refractivity contribution in [2.45, 2.75) is 25.7 Å². The van der Waals surface area contributed by atoms with E-state index in [0.717, 1.165) is 42.6 Å². The summed E-state index contributed by atoms with van der Waals surface area (Å²) in [5.74, 6) is 0.0160. The Morgan fingerprint density at radius 3 is 2.67 bits per heavy atom. The maximum atomic E-state index is 13.0. The second-order valence-electron chi connectivity index (χ2n) is 6.25. The van der Waals surface area contributed by atoms with E-state index in [1.165, 1.54) is 0 Å². The Morgan fingerprint density at radius 1 is 1.12 bits per heavy atom. The van der Waals surface area contributed by atoms with Crippen molar-refractivity contribution in [2.24, 2.45) is 0 Å². The van der Waals surface area contributed by atoms with E-state index in [0.29, 0.717) is 37.0 Å². The Labute approximate surface area is 146 Å². The molecule has 1 amide bonds. The topological polar surface area (TPSA) is 47.4 Å². The summed E-state index contributed by atoms with van der Waals surface area (Å²) in [7, 11) is 0. The summed E-state index contributed by atoms with van der Waals surface area (Å²) in [6, 6.07) is 7.66. The third-order valence-electron chi connectivity index (χ3n) is 4.76. The standard InChI is InChI=1S/C18H20ClN3O2/c19-14-6-2-4-8-16(14)22-15-7-3-1-5-13(15)17(20-22)18(23)21-9-11-24-12-10-21/h2,4,6,8H,1,3,5,7,9-12H2. The fourth-order valence-corrected chi connectivity index (χ4v) is 3.73. The number of benzene rings is 1. The first-order valence-electron chi connectivity index (χ1n) is 8.48. The smallest absolute Gasteiger partial charge is 0.274 e. The van der Waals surface area contributed by atoms with E-state index in [9.17, 15) is 4.79 Å². The minimum Gasteiger partial charge on any atom is -0.378 e. The predicted molar refractivity (Wildman–Crippen MR) is 91.9 cm³/mol. The molecule has 4 rings (SSSR count). The molecule has 5 nitrogen and oxygen atoms in total. The number of para-hydroxylation sites is 1. The van der Waals surface area contributed by atoms with Gasteiger partial charge in [-0.25, -0.2) is 4.68 Å². The highest BCUT2D eigenvalue weighted by Gasteiger charge is 2.29. The summed E-state index contributed by atoms with van der Waals surface area (Å²) in [4.78, 5) is 14.8. The molecule has 2 aliphatic rings. The van der Waals surface area contributed by atoms with Crippen molar-refractivity contribution < 1.29 is 9.53 Å². The molecule has 1 aliphatic heterocycles. The molecule has 24 heavy (non-hydrogen) atoms. The molecule has 0 spiro atoms. The number of fused-ring (bicyclic) bond motifs is 1. The van der Waals surface area contributed by atoms with Gasteiger partial charge < -0.3 is 9.64 Å². The highest BCUT2D eigenvalue weighted by atomic mass is 35.5. The van der Waals surface area contributed by atoms with Crippen LogP contribution in [0.25, 0.3) is 5.69 Å². The summed E-state index contributed by atoms with van der Waals surface area (Å²) in [6.07, 6.45) is 4.06. The van der Waals surface area contributed by atoms with Gasteiger partial charge in [0.2, 0.25) is 0 Å². The van der Waals surface area contributed by atoms with E-state index < -0.39 is 0 Å². The van der Waals surface area contributed by atoms with Crippen molar-refractivity contribution in [1.82, 2.24) is 14.7 Å². The fraction of sp³-hybridized carbons (Fsp3) is 0.444. The number of aromatic nitrogens is 2. The molecule has 1 aromatic heterocycles. The van der Waals surface area contributed by atoms with Gasteiger partial charge in [-0.2, -0.15) is 5.10 Å². The zero-order valence-electron chi connectivity index (χ0n) is 13.5. The second-order valence-corrected chi connectivity index (χ2v) is 6.66. The van der Waals surface area contributed by atoms with Crippen LogP contribution >= 0.6 is 11.6 Å². The Kier molecular flexibility index (Phi) is 4.29. The van der Waals surface area contributed by atoms with Crippen LogP contribution in [0.5, 0.6) is 0 Å². The average molecular weight is 346 g/mol. The summed E-state index contributed by atoms with van der Waals surface area (Å²) < 4.78 is 7.23. The maximum absolute atomic E-state index is 13.0. The van der Waals surface area contributed by atoms with Crippen LogP contribution in [0.2, 0.25) is 5.02 Å². The normalized spacial score (nSPS) is 17.6. The number of carbonyl (C=O) groups is 1. The van der Waals surface area contributed by atoms with E-state index in [2.05, 4.69) is 0 Å². The van der Waals surface area contributed by atoms with Crippen LogP contribution in [0.3, 0.4) is 0 Å². The fourth-order valence-electron chi connectivity index (χ4n) is 3.51. The van der Waals surface area contributed by atoms with E-state index in [-0.39, 0.29) is 5.91 Å². The number of morpholine rings is 1. The molecule has 1 aromatic carbocycles. The van der Waals surface area contributed by atoms with Crippen molar-refractivity contribution in [3.05, 3.63) is 46.2 Å². The maximum Gasteiger partial charge on any atom is 0.274 e. The molecule has 1 fully saturated rings. The minimum atomic E-state index is 0.0160. The number of halogens is 1. The molecular formula is C18H20ClN3O2. The number of nitrogens with zero attached hydrogens (tertiary/aromatic N) is 3. The molecule has 0 N–H and O–H groups in total. The Hall–Kier alpha value is -1.85. The molecule has 0 radical (unpaired) electrons. The SMILES string of the molecule is O=C(c1nn(-c2ccccc2Cl)c2c1CCCC2)N1CCOCC1. The molecule has 0 saturated carbocycles. The summed E-state index contributed by atoms with van der Waals surface area (Å²) in [6.45, 7) is 2.46. The molecule has 1 saturated heterocycles. The first-order chi connectivity index (χ1) is 11.8. The summed E-state index contributed by atoms with van der Waals surface area (Å²) >= 11 is 6.37. The number of carbonyl (C=O) groups excluding carboxylic acids is 1. The van der Waals surface area contributed by atoms with Crippen LogP contribution < -0.4 is 0 Å². The molecule has 6 heteroatoms. The molecule has 0 bridgehead atoms. The molecule has 0 unspecified atom stereocenters. The lowest BCUT2D eigenvalue weighted by Gasteiger charge is -2.26. The van der Waals surface area contributed by atoms with Crippen molar-refractivity contribution in [3.8, 4) is 5.69 Å². The number of amides is 1. The van der Waals surface area contributed by atoms with Crippen LogP contribution in [0.1, 0.15) is 34.6 Å². The second kappa shape index (κ2) is 6.57. The predicted octanol–water partition coefficient (Wildman–Crippen LogP) is 2.88. The van der Waals surface area contributed by atoms with Gasteiger partial charge >= 0.3 is 0 Å². The first kappa shape index (κ1) is 15.7. The van der Waals surface area contributed by atoms with Gasteiger partial charge in [0.15, 0.2) is 5.69 Å². The van der Waals surface area contributed by atoms with Crippen LogP contribution in [0.15, 0.2) is 24.3 Å². The summed E-state index contributed by atoms with van der Waals surface area (Å²) in [5, 5.41) is 5.35. The van der Waals surface area contributed by atoms with Crippen LogP contribution in [0.4, 0.5) is 0 Å². The number of ether oxygens (including phenoxy) is 1. The van der Waals surface area contributed by atoms with E-state index in [1.54, 1.807) is 0 Å². The third-order valence-corrected chi connectivity index (χ3v) is 5.08. The van der Waals surface area contributed by atoms with E-state index in [1.807, 2.05) is 33.8 Å². The number of hydrogen-bond acceptors (Lipinski definition) is 3. The van der Waals surface area contributed by atoms with Gasteiger partial charge in [0.1, 0.15) is 0 Å². The Balaban J connectivity index is 1.78. The number of hydrogen-bond donors (Lipinski definition) is 0. The zero-order valence-corrected chi connectivity index (χ0v) is 14.3. The lowest BCUT2D eigenvalue weighted by molar-refractivity contribution is 0.0298.